The molecule has 3 N–H and O–H groups in total. The molecule has 0 aliphatic heterocycles. The first kappa shape index (κ1) is 12.3. The van der Waals surface area contributed by atoms with Crippen molar-refractivity contribution in [3.8, 4) is 5.75 Å². The van der Waals surface area contributed by atoms with E-state index in [4.69, 9.17) is 15.2 Å². The van der Waals surface area contributed by atoms with Crippen LogP contribution in [0, 0.1) is 0 Å². The Bertz CT molecular complexity index is 366. The number of amides is 1. The normalized spacial score (nSPS) is 9.88. The first-order valence-electron chi connectivity index (χ1n) is 4.98. The number of nitrogens with two attached hydrogens (primary N) is 1. The summed E-state index contributed by atoms with van der Waals surface area (Å²) < 4.78 is 9.98. The van der Waals surface area contributed by atoms with E-state index in [9.17, 15) is 4.79 Å². The van der Waals surface area contributed by atoms with Crippen LogP contribution in [0.1, 0.15) is 6.92 Å². The second-order valence-corrected chi connectivity index (χ2v) is 3.14. The zero-order chi connectivity index (χ0) is 12.0. The Hall–Kier alpha value is -1.75. The number of benzene rings is 1. The van der Waals surface area contributed by atoms with Gasteiger partial charge in [-0.25, -0.2) is 0 Å². The van der Waals surface area contributed by atoms with E-state index < -0.39 is 0 Å². The highest BCUT2D eigenvalue weighted by molar-refractivity contribution is 5.92. The molecule has 0 saturated carbocycles. The molecule has 16 heavy (non-hydrogen) atoms. The van der Waals surface area contributed by atoms with Crippen LogP contribution in [0.4, 0.5) is 11.4 Å². The second kappa shape index (κ2) is 5.97. The smallest absolute Gasteiger partial charge is 0.250 e. The summed E-state index contributed by atoms with van der Waals surface area (Å²) in [6.07, 6.45) is 0. The minimum absolute atomic E-state index is 0.0441. The molecule has 5 heteroatoms. The number of ether oxygens (including phenoxy) is 2. The molecule has 0 atom stereocenters. The van der Waals surface area contributed by atoms with E-state index in [0.29, 0.717) is 23.7 Å². The Morgan fingerprint density at radius 1 is 1.50 bits per heavy atom. The molecule has 0 unspecified atom stereocenters. The lowest BCUT2D eigenvalue weighted by Gasteiger charge is -2.08. The predicted molar refractivity (Wildman–Crippen MR) is 62.5 cm³/mol. The summed E-state index contributed by atoms with van der Waals surface area (Å²) in [5.41, 5.74) is 6.81. The van der Waals surface area contributed by atoms with Gasteiger partial charge in [0.05, 0.1) is 12.8 Å². The number of nitrogen functional groups attached to an aromatic ring is 1. The van der Waals surface area contributed by atoms with Gasteiger partial charge in [-0.15, -0.1) is 0 Å². The van der Waals surface area contributed by atoms with E-state index in [0.717, 1.165) is 0 Å². The van der Waals surface area contributed by atoms with E-state index in [1.54, 1.807) is 25.3 Å². The third-order valence-electron chi connectivity index (χ3n) is 1.95. The van der Waals surface area contributed by atoms with Crippen LogP contribution in [0.25, 0.3) is 0 Å². The van der Waals surface area contributed by atoms with Gasteiger partial charge in [0.2, 0.25) is 5.91 Å². The number of hydrogen-bond acceptors (Lipinski definition) is 4. The van der Waals surface area contributed by atoms with Crippen molar-refractivity contribution in [3.63, 3.8) is 0 Å². The largest absolute Gasteiger partial charge is 0.495 e. The van der Waals surface area contributed by atoms with Gasteiger partial charge in [-0.1, -0.05) is 0 Å². The third kappa shape index (κ3) is 3.43. The first-order valence-corrected chi connectivity index (χ1v) is 4.98. The monoisotopic (exact) mass is 224 g/mol. The van der Waals surface area contributed by atoms with Crippen LogP contribution < -0.4 is 15.8 Å². The Morgan fingerprint density at radius 2 is 2.25 bits per heavy atom. The first-order chi connectivity index (χ1) is 7.67. The maximum atomic E-state index is 11.3. The van der Waals surface area contributed by atoms with Gasteiger partial charge in [0, 0.05) is 12.3 Å². The minimum Gasteiger partial charge on any atom is -0.495 e. The summed E-state index contributed by atoms with van der Waals surface area (Å²) in [5.74, 6) is 0.384. The summed E-state index contributed by atoms with van der Waals surface area (Å²) in [6.45, 7) is 2.39. The van der Waals surface area contributed by atoms with Gasteiger partial charge in [0.1, 0.15) is 12.4 Å². The molecule has 1 rings (SSSR count). The lowest BCUT2D eigenvalue weighted by Crippen LogP contribution is -2.18. The number of rotatable bonds is 5. The molecular formula is C11H16N2O3. The van der Waals surface area contributed by atoms with Gasteiger partial charge in [-0.2, -0.15) is 0 Å². The average Bonchev–Trinajstić information content (AvgIpc) is 2.26. The van der Waals surface area contributed by atoms with E-state index in [-0.39, 0.29) is 12.5 Å². The van der Waals surface area contributed by atoms with Crippen molar-refractivity contribution in [2.24, 2.45) is 0 Å². The maximum absolute atomic E-state index is 11.3. The molecule has 0 fully saturated rings. The van der Waals surface area contributed by atoms with Crippen LogP contribution in [-0.4, -0.2) is 26.2 Å². The van der Waals surface area contributed by atoms with E-state index in [2.05, 4.69) is 5.32 Å². The lowest BCUT2D eigenvalue weighted by atomic mass is 10.2. The fourth-order valence-corrected chi connectivity index (χ4v) is 1.20. The van der Waals surface area contributed by atoms with Crippen LogP contribution in [0.15, 0.2) is 18.2 Å². The Morgan fingerprint density at radius 3 is 2.81 bits per heavy atom. The highest BCUT2D eigenvalue weighted by Gasteiger charge is 2.04. The fraction of sp³-hybridized carbons (Fsp3) is 0.364. The highest BCUT2D eigenvalue weighted by atomic mass is 16.5. The summed E-state index contributed by atoms with van der Waals surface area (Å²) in [7, 11) is 1.54. The summed E-state index contributed by atoms with van der Waals surface area (Å²) >= 11 is 0. The molecule has 0 aliphatic carbocycles. The molecule has 1 aromatic carbocycles. The van der Waals surface area contributed by atoms with E-state index >= 15 is 0 Å². The maximum Gasteiger partial charge on any atom is 0.250 e. The van der Waals surface area contributed by atoms with Crippen LogP contribution in [0.2, 0.25) is 0 Å². The average molecular weight is 224 g/mol. The quantitative estimate of drug-likeness (QED) is 0.738. The van der Waals surface area contributed by atoms with E-state index in [1.165, 1.54) is 0 Å². The molecule has 1 amide bonds. The molecule has 5 nitrogen and oxygen atoms in total. The molecule has 0 heterocycles. The van der Waals surface area contributed by atoms with E-state index in [1.807, 2.05) is 6.92 Å². The summed E-state index contributed by atoms with van der Waals surface area (Å²) in [6, 6.07) is 5.06. The molecule has 0 spiro atoms. The van der Waals surface area contributed by atoms with Crippen LogP contribution in [0.5, 0.6) is 5.75 Å². The molecule has 0 aromatic heterocycles. The van der Waals surface area contributed by atoms with Gasteiger partial charge in [-0.3, -0.25) is 4.79 Å². The number of hydrogen-bond donors (Lipinski definition) is 2. The number of methoxy groups -OCH3 is 1. The van der Waals surface area contributed by atoms with Crippen LogP contribution >= 0.6 is 0 Å². The molecule has 0 bridgehead atoms. The van der Waals surface area contributed by atoms with Crippen molar-refractivity contribution < 1.29 is 14.3 Å². The Kier molecular flexibility index (Phi) is 4.60. The topological polar surface area (TPSA) is 73.6 Å². The van der Waals surface area contributed by atoms with Gasteiger partial charge < -0.3 is 20.5 Å². The fourth-order valence-electron chi connectivity index (χ4n) is 1.20. The van der Waals surface area contributed by atoms with Crippen molar-refractivity contribution in [1.29, 1.82) is 0 Å². The highest BCUT2D eigenvalue weighted by Crippen LogP contribution is 2.24. The second-order valence-electron chi connectivity index (χ2n) is 3.14. The number of carbonyl (C=O) groups is 1. The predicted octanol–water partition coefficient (Wildman–Crippen LogP) is 1.25. The van der Waals surface area contributed by atoms with Gasteiger partial charge in [0.15, 0.2) is 0 Å². The van der Waals surface area contributed by atoms with Crippen molar-refractivity contribution in [3.05, 3.63) is 18.2 Å². The molecule has 0 radical (unpaired) electrons. The summed E-state index contributed by atoms with van der Waals surface area (Å²) in [4.78, 5) is 11.3. The van der Waals surface area contributed by atoms with Gasteiger partial charge >= 0.3 is 0 Å². The molecule has 0 aliphatic rings. The van der Waals surface area contributed by atoms with Crippen molar-refractivity contribution in [2.75, 3.05) is 31.4 Å². The van der Waals surface area contributed by atoms with Crippen molar-refractivity contribution >= 4 is 17.3 Å². The van der Waals surface area contributed by atoms with Crippen LogP contribution in [0.3, 0.4) is 0 Å². The Labute approximate surface area is 94.5 Å². The Balaban J connectivity index is 2.61. The number of nitrogens with one attached hydrogen (secondary N) is 1. The molecule has 0 saturated heterocycles. The standard InChI is InChI=1S/C11H16N2O3/c1-3-16-7-11(14)13-8-4-5-10(15-2)9(12)6-8/h4-6H,3,7,12H2,1-2H3,(H,13,14). The molecular weight excluding hydrogens is 208 g/mol. The third-order valence-corrected chi connectivity index (χ3v) is 1.95. The lowest BCUT2D eigenvalue weighted by molar-refractivity contribution is -0.120. The van der Waals surface area contributed by atoms with Crippen molar-refractivity contribution in [2.45, 2.75) is 6.92 Å². The number of anilines is 2. The molecule has 88 valence electrons. The molecule has 1 aromatic rings. The minimum atomic E-state index is -0.202. The zero-order valence-electron chi connectivity index (χ0n) is 9.45. The van der Waals surface area contributed by atoms with Gasteiger partial charge in [0.25, 0.3) is 0 Å². The van der Waals surface area contributed by atoms with Gasteiger partial charge in [-0.05, 0) is 25.1 Å². The number of carbonyl (C=O) groups excluding carboxylic acids is 1. The SMILES string of the molecule is CCOCC(=O)Nc1ccc(OC)c(N)c1. The summed E-state index contributed by atoms with van der Waals surface area (Å²) in [5, 5.41) is 2.67. The van der Waals surface area contributed by atoms with Crippen LogP contribution in [-0.2, 0) is 9.53 Å². The van der Waals surface area contributed by atoms with Crippen molar-refractivity contribution in [1.82, 2.24) is 0 Å². The zero-order valence-corrected chi connectivity index (χ0v) is 9.45.